The van der Waals surface area contributed by atoms with Crippen molar-refractivity contribution in [2.75, 3.05) is 0 Å². The molecule has 0 aromatic rings. The molecule has 0 N–H and O–H groups in total. The van der Waals surface area contributed by atoms with E-state index in [0.717, 1.165) is 0 Å². The Bertz CT molecular complexity index is 11.6. The van der Waals surface area contributed by atoms with Gasteiger partial charge in [0.15, 0.2) is 0 Å². The third-order valence-corrected chi connectivity index (χ3v) is 0. The van der Waals surface area contributed by atoms with E-state index in [-0.39, 0.29) is 17.1 Å². The Morgan fingerprint density at radius 3 is 1.00 bits per heavy atom. The molecule has 0 aliphatic heterocycles. The summed E-state index contributed by atoms with van der Waals surface area (Å²) in [6.07, 6.45) is 0. The van der Waals surface area contributed by atoms with E-state index in [1.165, 1.54) is 0 Å². The molecule has 0 amide bonds. The number of hydrogen-bond donors (Lipinski definition) is 0. The zero-order chi connectivity index (χ0) is 3.58. The Balaban J connectivity index is 0. The van der Waals surface area contributed by atoms with Gasteiger partial charge in [-0.05, 0) is 0 Å². The summed E-state index contributed by atoms with van der Waals surface area (Å²) in [6.45, 7) is 0. The maximum Gasteiger partial charge on any atom is 2.00 e. The zero-order valence-corrected chi connectivity index (χ0v) is 3.05. The van der Waals surface area contributed by atoms with Crippen molar-refractivity contribution in [2.45, 2.75) is 0 Å². The molecule has 33 valence electrons. The molecular weight excluding hydrogens is 122 g/mol. The molecule has 5 heavy (non-hydrogen) atoms. The normalized spacial score (nSPS) is 5.40. The first kappa shape index (κ1) is 9.07. The zero-order valence-electron chi connectivity index (χ0n) is 2.10. The number of rotatable bonds is 0. The first-order chi connectivity index (χ1) is 1.73. The molecule has 0 saturated carbocycles. The van der Waals surface area contributed by atoms with Gasteiger partial charge in [-0.2, -0.15) is 0 Å². The average Bonchev–Trinajstić information content (AvgIpc) is 0.811. The van der Waals surface area contributed by atoms with Crippen molar-refractivity contribution in [2.24, 2.45) is 0 Å². The summed E-state index contributed by atoms with van der Waals surface area (Å²) in [6, 6.07) is 0. The van der Waals surface area contributed by atoms with Crippen molar-refractivity contribution in [3.05, 3.63) is 0 Å². The molecule has 0 heterocycles. The molecule has 0 aliphatic carbocycles. The molecule has 0 fully saturated rings. The maximum atomic E-state index is 8.42. The van der Waals surface area contributed by atoms with Crippen molar-refractivity contribution >= 4 is 7.32 Å². The average molecular weight is 122 g/mol. The Morgan fingerprint density at radius 2 is 1.00 bits per heavy atom. The van der Waals surface area contributed by atoms with Crippen LogP contribution < -0.4 is 15.1 Å². The molecule has 0 rings (SSSR count). The Kier molecular flexibility index (Phi) is 8.10. The van der Waals surface area contributed by atoms with Gasteiger partial charge in [0.25, 0.3) is 0 Å². The summed E-state index contributed by atoms with van der Waals surface area (Å²) in [5, 5.41) is 25.2. The molecule has 0 bridgehead atoms. The van der Waals surface area contributed by atoms with E-state index < -0.39 is 7.32 Å². The Labute approximate surface area is 40.3 Å². The van der Waals surface area contributed by atoms with Gasteiger partial charge in [0, 0.05) is 0 Å². The van der Waals surface area contributed by atoms with Crippen LogP contribution in [0.5, 0.6) is 0 Å². The minimum atomic E-state index is -2.92. The third kappa shape index (κ3) is 126. The van der Waals surface area contributed by atoms with Crippen molar-refractivity contribution in [1.82, 2.24) is 0 Å². The van der Waals surface area contributed by atoms with Crippen LogP contribution in [0.25, 0.3) is 0 Å². The van der Waals surface area contributed by atoms with Crippen LogP contribution in [0.4, 0.5) is 0 Å². The van der Waals surface area contributed by atoms with Gasteiger partial charge in [0.2, 0.25) is 0 Å². The summed E-state index contributed by atoms with van der Waals surface area (Å²) < 4.78 is 0. The van der Waals surface area contributed by atoms with Gasteiger partial charge < -0.3 is 15.1 Å². The van der Waals surface area contributed by atoms with Crippen LogP contribution in [0, 0.1) is 0 Å². The van der Waals surface area contributed by atoms with Crippen LogP contribution in [0.2, 0.25) is 0 Å². The SMILES string of the molecule is [Cu+2].[O-]B([O-])[O-]. The van der Waals surface area contributed by atoms with E-state index in [4.69, 9.17) is 15.1 Å². The van der Waals surface area contributed by atoms with Crippen LogP contribution in [0.3, 0.4) is 0 Å². The summed E-state index contributed by atoms with van der Waals surface area (Å²) in [4.78, 5) is 0. The first-order valence-electron chi connectivity index (χ1n) is 0.707. The van der Waals surface area contributed by atoms with E-state index >= 15 is 0 Å². The van der Waals surface area contributed by atoms with Gasteiger partial charge in [-0.25, -0.2) is 0 Å². The topological polar surface area (TPSA) is 69.2 Å². The molecule has 0 atom stereocenters. The molecular formula is BCuO3-. The maximum absolute atomic E-state index is 8.42. The van der Waals surface area contributed by atoms with E-state index in [1.54, 1.807) is 0 Å². The predicted molar refractivity (Wildman–Crippen MR) is 5.75 cm³/mol. The number of hydrogen-bond acceptors (Lipinski definition) is 3. The fourth-order valence-corrected chi connectivity index (χ4v) is 0. The van der Waals surface area contributed by atoms with Crippen LogP contribution in [-0.2, 0) is 17.1 Å². The van der Waals surface area contributed by atoms with Crippen LogP contribution in [0.15, 0.2) is 0 Å². The van der Waals surface area contributed by atoms with E-state index in [1.807, 2.05) is 0 Å². The van der Waals surface area contributed by atoms with Crippen molar-refractivity contribution < 1.29 is 32.1 Å². The summed E-state index contributed by atoms with van der Waals surface area (Å²) in [5.74, 6) is 0. The molecule has 1 radical (unpaired) electrons. The summed E-state index contributed by atoms with van der Waals surface area (Å²) in [7, 11) is -2.92. The molecule has 0 aliphatic rings. The monoisotopic (exact) mass is 122 g/mol. The molecule has 0 spiro atoms. The minimum Gasteiger partial charge on any atom is -0.907 e. The quantitative estimate of drug-likeness (QED) is 0.308. The molecule has 0 aromatic carbocycles. The van der Waals surface area contributed by atoms with E-state index in [9.17, 15) is 0 Å². The third-order valence-electron chi connectivity index (χ3n) is 0. The van der Waals surface area contributed by atoms with Crippen LogP contribution in [0.1, 0.15) is 0 Å². The van der Waals surface area contributed by atoms with Crippen molar-refractivity contribution in [3.63, 3.8) is 0 Å². The molecule has 5 heteroatoms. The van der Waals surface area contributed by atoms with Crippen LogP contribution in [-0.4, -0.2) is 7.32 Å². The van der Waals surface area contributed by atoms with Gasteiger partial charge in [-0.15, -0.1) is 0 Å². The fraction of sp³-hybridized carbons (Fsp3) is 0. The van der Waals surface area contributed by atoms with Gasteiger partial charge in [0.1, 0.15) is 0 Å². The largest absolute Gasteiger partial charge is 2.00 e. The molecule has 0 saturated heterocycles. The summed E-state index contributed by atoms with van der Waals surface area (Å²) >= 11 is 0. The van der Waals surface area contributed by atoms with E-state index in [2.05, 4.69) is 0 Å². The van der Waals surface area contributed by atoms with Gasteiger partial charge in [-0.3, -0.25) is 7.32 Å². The molecule has 3 nitrogen and oxygen atoms in total. The Morgan fingerprint density at radius 1 is 1.00 bits per heavy atom. The fourth-order valence-electron chi connectivity index (χ4n) is 0. The molecule has 0 aromatic heterocycles. The van der Waals surface area contributed by atoms with Crippen molar-refractivity contribution in [1.29, 1.82) is 0 Å². The Hall–Kier alpha value is 0.464. The smallest absolute Gasteiger partial charge is 0.907 e. The van der Waals surface area contributed by atoms with Crippen molar-refractivity contribution in [3.8, 4) is 0 Å². The minimum absolute atomic E-state index is 0. The van der Waals surface area contributed by atoms with Gasteiger partial charge in [0.05, 0.1) is 0 Å². The summed E-state index contributed by atoms with van der Waals surface area (Å²) in [5.41, 5.74) is 0. The predicted octanol–water partition coefficient (Wildman–Crippen LogP) is -3.95. The van der Waals surface area contributed by atoms with E-state index in [0.29, 0.717) is 0 Å². The standard InChI is InChI=1S/BO3.Cu/c2-1(3)4;/q-3;+2. The van der Waals surface area contributed by atoms with Gasteiger partial charge in [-0.1, -0.05) is 0 Å². The second-order valence-electron chi connectivity index (χ2n) is 0.289. The second-order valence-corrected chi connectivity index (χ2v) is 0.289. The first-order valence-corrected chi connectivity index (χ1v) is 0.707. The second kappa shape index (κ2) is 4.46. The van der Waals surface area contributed by atoms with Gasteiger partial charge >= 0.3 is 17.1 Å². The molecule has 0 unspecified atom stereocenters. The van der Waals surface area contributed by atoms with Crippen LogP contribution >= 0.6 is 0 Å².